The molecule has 6 nitrogen and oxygen atoms in total. The Bertz CT molecular complexity index is 997. The normalized spacial score (nSPS) is 14.1. The second kappa shape index (κ2) is 7.55. The van der Waals surface area contributed by atoms with Gasteiger partial charge in [-0.1, -0.05) is 18.2 Å². The van der Waals surface area contributed by atoms with Crippen LogP contribution in [-0.2, 0) is 4.74 Å². The van der Waals surface area contributed by atoms with Gasteiger partial charge in [-0.15, -0.1) is 0 Å². The molecule has 1 aliphatic heterocycles. The number of benzene rings is 2. The Hall–Kier alpha value is -3.25. The summed E-state index contributed by atoms with van der Waals surface area (Å²) in [5.41, 5.74) is 2.42. The Morgan fingerprint density at radius 2 is 1.81 bits per heavy atom. The number of carbonyl (C=O) groups excluding carboxylic acids is 2. The van der Waals surface area contributed by atoms with Gasteiger partial charge in [0, 0.05) is 41.5 Å². The maximum atomic E-state index is 12.6. The minimum Gasteiger partial charge on any atom is -0.378 e. The Morgan fingerprint density at radius 3 is 2.67 bits per heavy atom. The fraction of sp³-hybridized carbons (Fsp3) is 0.190. The van der Waals surface area contributed by atoms with Gasteiger partial charge in [-0.05, 0) is 36.4 Å². The van der Waals surface area contributed by atoms with Crippen LogP contribution in [0.15, 0.2) is 60.8 Å². The van der Waals surface area contributed by atoms with E-state index in [4.69, 9.17) is 4.74 Å². The highest BCUT2D eigenvalue weighted by Crippen LogP contribution is 2.17. The third-order valence-corrected chi connectivity index (χ3v) is 4.53. The summed E-state index contributed by atoms with van der Waals surface area (Å²) in [5.74, 6) is -0.289. The first-order valence-corrected chi connectivity index (χ1v) is 8.84. The molecule has 0 aliphatic carbocycles. The van der Waals surface area contributed by atoms with E-state index in [1.807, 2.05) is 18.2 Å². The highest BCUT2D eigenvalue weighted by Gasteiger charge is 2.19. The number of rotatable bonds is 3. The first kappa shape index (κ1) is 17.2. The Balaban J connectivity index is 1.51. The third kappa shape index (κ3) is 3.80. The first-order chi connectivity index (χ1) is 13.2. The number of aromatic nitrogens is 1. The predicted octanol–water partition coefficient (Wildman–Crippen LogP) is 2.96. The fourth-order valence-corrected chi connectivity index (χ4v) is 3.09. The zero-order chi connectivity index (χ0) is 18.6. The number of nitrogens with one attached hydrogen (secondary N) is 1. The lowest BCUT2D eigenvalue weighted by Crippen LogP contribution is -2.40. The van der Waals surface area contributed by atoms with Gasteiger partial charge in [-0.2, -0.15) is 0 Å². The minimum atomic E-state index is -0.237. The summed E-state index contributed by atoms with van der Waals surface area (Å²) < 4.78 is 5.29. The molecule has 1 N–H and O–H groups in total. The molecule has 1 aromatic heterocycles. The zero-order valence-corrected chi connectivity index (χ0v) is 14.7. The number of fused-ring (bicyclic) bond motifs is 1. The first-order valence-electron chi connectivity index (χ1n) is 8.84. The lowest BCUT2D eigenvalue weighted by Gasteiger charge is -2.27. The summed E-state index contributed by atoms with van der Waals surface area (Å²) in [5, 5.41) is 3.84. The van der Waals surface area contributed by atoms with Crippen molar-refractivity contribution in [2.75, 3.05) is 31.6 Å². The molecule has 1 aliphatic rings. The number of pyridine rings is 1. The lowest BCUT2D eigenvalue weighted by atomic mass is 10.1. The average molecular weight is 361 g/mol. The van der Waals surface area contributed by atoms with Crippen molar-refractivity contribution in [3.63, 3.8) is 0 Å². The monoisotopic (exact) mass is 361 g/mol. The number of morpholine rings is 1. The van der Waals surface area contributed by atoms with Crippen LogP contribution in [0.3, 0.4) is 0 Å². The maximum absolute atomic E-state index is 12.6. The van der Waals surface area contributed by atoms with Gasteiger partial charge in [0.05, 0.1) is 18.7 Å². The molecule has 0 radical (unpaired) electrons. The van der Waals surface area contributed by atoms with Gasteiger partial charge in [-0.3, -0.25) is 14.6 Å². The van der Waals surface area contributed by atoms with Crippen LogP contribution < -0.4 is 5.32 Å². The molecule has 0 bridgehead atoms. The molecule has 27 heavy (non-hydrogen) atoms. The van der Waals surface area contributed by atoms with Crippen LogP contribution in [0.25, 0.3) is 10.9 Å². The number of nitrogens with zero attached hydrogens (tertiary/aromatic N) is 2. The Morgan fingerprint density at radius 1 is 0.963 bits per heavy atom. The molecule has 2 amide bonds. The van der Waals surface area contributed by atoms with Gasteiger partial charge in [-0.25, -0.2) is 0 Å². The summed E-state index contributed by atoms with van der Waals surface area (Å²) in [6.07, 6.45) is 1.70. The molecule has 0 saturated carbocycles. The van der Waals surface area contributed by atoms with E-state index < -0.39 is 0 Å². The van der Waals surface area contributed by atoms with Crippen LogP contribution in [0, 0.1) is 0 Å². The summed E-state index contributed by atoms with van der Waals surface area (Å²) >= 11 is 0. The van der Waals surface area contributed by atoms with E-state index in [9.17, 15) is 9.59 Å². The van der Waals surface area contributed by atoms with Crippen molar-refractivity contribution in [1.82, 2.24) is 9.88 Å². The molecule has 136 valence electrons. The van der Waals surface area contributed by atoms with E-state index in [0.717, 1.165) is 10.9 Å². The van der Waals surface area contributed by atoms with Crippen molar-refractivity contribution >= 4 is 28.4 Å². The summed E-state index contributed by atoms with van der Waals surface area (Å²) in [6, 6.07) is 16.2. The van der Waals surface area contributed by atoms with Crippen molar-refractivity contribution in [3.8, 4) is 0 Å². The maximum Gasteiger partial charge on any atom is 0.255 e. The topological polar surface area (TPSA) is 71.5 Å². The number of hydrogen-bond acceptors (Lipinski definition) is 4. The summed E-state index contributed by atoms with van der Waals surface area (Å²) in [6.45, 7) is 2.27. The van der Waals surface area contributed by atoms with Crippen molar-refractivity contribution in [3.05, 3.63) is 71.9 Å². The molecule has 1 saturated heterocycles. The van der Waals surface area contributed by atoms with E-state index in [-0.39, 0.29) is 11.8 Å². The number of amides is 2. The van der Waals surface area contributed by atoms with Crippen LogP contribution in [0.4, 0.5) is 5.69 Å². The molecule has 0 unspecified atom stereocenters. The lowest BCUT2D eigenvalue weighted by molar-refractivity contribution is 0.0303. The zero-order valence-electron chi connectivity index (χ0n) is 14.7. The van der Waals surface area contributed by atoms with Crippen LogP contribution in [0.1, 0.15) is 20.7 Å². The molecule has 3 aromatic rings. The molecule has 2 heterocycles. The molecule has 0 spiro atoms. The predicted molar refractivity (Wildman–Crippen MR) is 103 cm³/mol. The fourth-order valence-electron chi connectivity index (χ4n) is 3.09. The summed E-state index contributed by atoms with van der Waals surface area (Å²) in [7, 11) is 0. The molecule has 4 rings (SSSR count). The number of carbonyl (C=O) groups is 2. The molecular formula is C21H19N3O3. The van der Waals surface area contributed by atoms with Gasteiger partial charge < -0.3 is 15.0 Å². The van der Waals surface area contributed by atoms with E-state index in [2.05, 4.69) is 10.3 Å². The third-order valence-electron chi connectivity index (χ3n) is 4.53. The van der Waals surface area contributed by atoms with Crippen molar-refractivity contribution in [1.29, 1.82) is 0 Å². The number of hydrogen-bond donors (Lipinski definition) is 1. The largest absolute Gasteiger partial charge is 0.378 e. The van der Waals surface area contributed by atoms with Crippen LogP contribution in [-0.4, -0.2) is 48.0 Å². The molecule has 1 fully saturated rings. The molecule has 6 heteroatoms. The Labute approximate surface area is 156 Å². The van der Waals surface area contributed by atoms with Crippen molar-refractivity contribution in [2.24, 2.45) is 0 Å². The molecular weight excluding hydrogens is 342 g/mol. The quantitative estimate of drug-likeness (QED) is 0.779. The summed E-state index contributed by atoms with van der Waals surface area (Å²) in [4.78, 5) is 31.2. The second-order valence-corrected chi connectivity index (χ2v) is 6.35. The smallest absolute Gasteiger partial charge is 0.255 e. The highest BCUT2D eigenvalue weighted by molar-refractivity contribution is 6.06. The average Bonchev–Trinajstić information content (AvgIpc) is 2.73. The molecule has 2 aromatic carbocycles. The van der Waals surface area contributed by atoms with E-state index in [0.29, 0.717) is 43.1 Å². The van der Waals surface area contributed by atoms with Crippen LogP contribution >= 0.6 is 0 Å². The second-order valence-electron chi connectivity index (χ2n) is 6.35. The van der Waals surface area contributed by atoms with Crippen molar-refractivity contribution in [2.45, 2.75) is 0 Å². The van der Waals surface area contributed by atoms with E-state index >= 15 is 0 Å². The highest BCUT2D eigenvalue weighted by atomic mass is 16.5. The minimum absolute atomic E-state index is 0.0516. The van der Waals surface area contributed by atoms with Gasteiger partial charge in [0.15, 0.2) is 0 Å². The van der Waals surface area contributed by atoms with Gasteiger partial charge in [0.25, 0.3) is 11.8 Å². The van der Waals surface area contributed by atoms with Crippen LogP contribution in [0.5, 0.6) is 0 Å². The number of ether oxygens (including phenoxy) is 1. The van der Waals surface area contributed by atoms with E-state index in [1.165, 1.54) is 0 Å². The number of anilines is 1. The van der Waals surface area contributed by atoms with Gasteiger partial charge >= 0.3 is 0 Å². The van der Waals surface area contributed by atoms with Crippen LogP contribution in [0.2, 0.25) is 0 Å². The van der Waals surface area contributed by atoms with Crippen molar-refractivity contribution < 1.29 is 14.3 Å². The van der Waals surface area contributed by atoms with E-state index in [1.54, 1.807) is 47.5 Å². The SMILES string of the molecule is O=C(Nc1cccc(C(=O)N2CCOCC2)c1)c1ccc2cccnc2c1. The standard InChI is InChI=1S/C21H19N3O3/c25-20(16-7-6-15-4-2-8-22-19(15)14-16)23-18-5-1-3-17(13-18)21(26)24-9-11-27-12-10-24/h1-8,13-14H,9-12H2,(H,23,25). The molecule has 0 atom stereocenters. The van der Waals surface area contributed by atoms with Gasteiger partial charge in [0.1, 0.15) is 0 Å². The Kier molecular flexibility index (Phi) is 4.80. The van der Waals surface area contributed by atoms with Gasteiger partial charge in [0.2, 0.25) is 0 Å².